The van der Waals surface area contributed by atoms with Gasteiger partial charge < -0.3 is 25.5 Å². The number of carbonyl (C=O) groups is 3. The van der Waals surface area contributed by atoms with E-state index in [-0.39, 0.29) is 29.1 Å². The maximum atomic E-state index is 13.9. The summed E-state index contributed by atoms with van der Waals surface area (Å²) in [5, 5.41) is 15.0. The van der Waals surface area contributed by atoms with Crippen molar-refractivity contribution in [1.82, 2.24) is 10.2 Å². The summed E-state index contributed by atoms with van der Waals surface area (Å²) in [5.74, 6) is -1.32. The summed E-state index contributed by atoms with van der Waals surface area (Å²) in [6.07, 6.45) is 3.71. The number of benzene rings is 1. The van der Waals surface area contributed by atoms with Crippen LogP contribution < -0.4 is 15.5 Å². The predicted molar refractivity (Wildman–Crippen MR) is 144 cm³/mol. The number of likely N-dealkylation sites (tertiary alicyclic amines) is 1. The van der Waals surface area contributed by atoms with Gasteiger partial charge in [-0.1, -0.05) is 0 Å². The summed E-state index contributed by atoms with van der Waals surface area (Å²) in [6, 6.07) is 7.21. The zero-order valence-corrected chi connectivity index (χ0v) is 22.7. The first-order valence-electron chi connectivity index (χ1n) is 13.2. The van der Waals surface area contributed by atoms with Crippen LogP contribution >= 0.6 is 11.8 Å². The maximum absolute atomic E-state index is 13.9. The van der Waals surface area contributed by atoms with Crippen molar-refractivity contribution >= 4 is 40.9 Å². The molecule has 3 saturated heterocycles. The number of hydrogen-bond donors (Lipinski definition) is 3. The third kappa shape index (κ3) is 4.38. The van der Waals surface area contributed by atoms with Crippen molar-refractivity contribution in [2.24, 2.45) is 11.8 Å². The number of nitrogens with one attached hydrogen (secondary N) is 2. The van der Waals surface area contributed by atoms with E-state index >= 15 is 0 Å². The molecule has 0 radical (unpaired) electrons. The van der Waals surface area contributed by atoms with Gasteiger partial charge in [0.15, 0.2) is 0 Å². The van der Waals surface area contributed by atoms with Crippen LogP contribution in [0.4, 0.5) is 11.4 Å². The Morgan fingerprint density at radius 3 is 2.42 bits per heavy atom. The topological polar surface area (TPSA) is 102 Å². The normalized spacial score (nSPS) is 30.4. The fourth-order valence-electron chi connectivity index (χ4n) is 6.65. The van der Waals surface area contributed by atoms with E-state index in [4.69, 9.17) is 0 Å². The van der Waals surface area contributed by atoms with Gasteiger partial charge in [0.25, 0.3) is 0 Å². The Balaban J connectivity index is 1.62. The minimum atomic E-state index is -0.631. The van der Waals surface area contributed by atoms with Crippen LogP contribution in [-0.4, -0.2) is 76.6 Å². The Bertz CT molecular complexity index is 984. The Kier molecular flexibility index (Phi) is 7.90. The number of anilines is 2. The average Bonchev–Trinajstić information content (AvgIpc) is 3.44. The van der Waals surface area contributed by atoms with Crippen LogP contribution in [0, 0.1) is 11.8 Å². The molecular weight excluding hydrogens is 476 g/mol. The highest BCUT2D eigenvalue weighted by molar-refractivity contribution is 8.02. The fourth-order valence-corrected chi connectivity index (χ4v) is 9.01. The number of aliphatic hydroxyl groups is 1. The van der Waals surface area contributed by atoms with Gasteiger partial charge >= 0.3 is 0 Å². The van der Waals surface area contributed by atoms with E-state index < -0.39 is 22.6 Å². The predicted octanol–water partition coefficient (Wildman–Crippen LogP) is 2.86. The first-order valence-corrected chi connectivity index (χ1v) is 14.1. The zero-order valence-electron chi connectivity index (χ0n) is 21.9. The van der Waals surface area contributed by atoms with Gasteiger partial charge in [-0.15, -0.1) is 11.8 Å². The molecule has 8 nitrogen and oxygen atoms in total. The Morgan fingerprint density at radius 1 is 1.11 bits per heavy atom. The smallest absolute Gasteiger partial charge is 0.248 e. The maximum Gasteiger partial charge on any atom is 0.248 e. The van der Waals surface area contributed by atoms with Crippen molar-refractivity contribution in [3.8, 4) is 0 Å². The molecule has 9 heteroatoms. The van der Waals surface area contributed by atoms with Crippen LogP contribution in [0.2, 0.25) is 0 Å². The van der Waals surface area contributed by atoms with Crippen LogP contribution in [0.3, 0.4) is 0 Å². The average molecular weight is 517 g/mol. The van der Waals surface area contributed by atoms with Crippen molar-refractivity contribution in [1.29, 1.82) is 0 Å². The minimum Gasteiger partial charge on any atom is -0.396 e. The van der Waals surface area contributed by atoms with Crippen molar-refractivity contribution in [3.05, 3.63) is 24.3 Å². The molecule has 36 heavy (non-hydrogen) atoms. The number of amides is 3. The van der Waals surface area contributed by atoms with Crippen molar-refractivity contribution in [2.45, 2.75) is 68.4 Å². The van der Waals surface area contributed by atoms with E-state index in [1.807, 2.05) is 24.3 Å². The number of unbranched alkanes of at least 4 members (excludes halogenated alkanes) is 2. The molecule has 1 aromatic rings. The first-order chi connectivity index (χ1) is 17.3. The highest BCUT2D eigenvalue weighted by Crippen LogP contribution is 2.71. The van der Waals surface area contributed by atoms with E-state index in [1.54, 1.807) is 23.7 Å². The lowest BCUT2D eigenvalue weighted by Gasteiger charge is -2.34. The summed E-state index contributed by atoms with van der Waals surface area (Å²) >= 11 is 1.68. The number of rotatable bonds is 11. The van der Waals surface area contributed by atoms with Crippen molar-refractivity contribution in [3.63, 3.8) is 0 Å². The molecule has 3 N–H and O–H groups in total. The number of thioether (sulfide) groups is 1. The van der Waals surface area contributed by atoms with Crippen LogP contribution in [0.15, 0.2) is 24.3 Å². The Hall–Kier alpha value is -2.26. The quantitative estimate of drug-likeness (QED) is 0.391. The SMILES string of the molecule is CCN(CC)c1ccc(NC(=O)C2N(CCCCCO)C(=O)[C@@H]3[C@H](C(=O)NC)[C@]4(C)CCC23S4)cc1. The zero-order chi connectivity index (χ0) is 26.1. The molecule has 3 aliphatic rings. The molecule has 3 amide bonds. The molecule has 5 atom stereocenters. The molecule has 3 aliphatic heterocycles. The second-order valence-corrected chi connectivity index (χ2v) is 12.3. The fraction of sp³-hybridized carbons (Fsp3) is 0.667. The van der Waals surface area contributed by atoms with Gasteiger partial charge in [0.1, 0.15) is 6.04 Å². The third-order valence-corrected chi connectivity index (χ3v) is 10.4. The minimum absolute atomic E-state index is 0.0828. The number of carbonyl (C=O) groups excluding carboxylic acids is 3. The van der Waals surface area contributed by atoms with Gasteiger partial charge in [0, 0.05) is 49.4 Å². The molecule has 1 aromatic carbocycles. The molecule has 0 aliphatic carbocycles. The van der Waals surface area contributed by atoms with Gasteiger partial charge in [-0.05, 0) is 77.1 Å². The van der Waals surface area contributed by atoms with Gasteiger partial charge in [-0.25, -0.2) is 0 Å². The lowest BCUT2D eigenvalue weighted by molar-refractivity contribution is -0.140. The van der Waals surface area contributed by atoms with Crippen LogP contribution in [0.1, 0.15) is 52.9 Å². The lowest BCUT2D eigenvalue weighted by atomic mass is 9.66. The second-order valence-electron chi connectivity index (χ2n) is 10.4. The van der Waals surface area contributed by atoms with Gasteiger partial charge in [-0.2, -0.15) is 0 Å². The van der Waals surface area contributed by atoms with Crippen LogP contribution in [-0.2, 0) is 14.4 Å². The highest BCUT2D eigenvalue weighted by atomic mass is 32.2. The second kappa shape index (κ2) is 10.6. The first kappa shape index (κ1) is 26.8. The number of fused-ring (bicyclic) bond motifs is 1. The van der Waals surface area contributed by atoms with Gasteiger partial charge in [0.05, 0.1) is 16.6 Å². The molecule has 2 unspecified atom stereocenters. The Labute approximate surface area is 218 Å². The molecule has 3 fully saturated rings. The highest BCUT2D eigenvalue weighted by Gasteiger charge is 2.76. The van der Waals surface area contributed by atoms with Crippen molar-refractivity contribution in [2.75, 3.05) is 43.5 Å². The third-order valence-electron chi connectivity index (χ3n) is 8.37. The van der Waals surface area contributed by atoms with Crippen LogP contribution in [0.5, 0.6) is 0 Å². The largest absolute Gasteiger partial charge is 0.396 e. The summed E-state index contributed by atoms with van der Waals surface area (Å²) < 4.78 is -0.960. The van der Waals surface area contributed by atoms with E-state index in [2.05, 4.69) is 36.3 Å². The molecule has 0 aromatic heterocycles. The number of nitrogens with zero attached hydrogens (tertiary/aromatic N) is 2. The lowest BCUT2D eigenvalue weighted by Crippen LogP contribution is -2.52. The monoisotopic (exact) mass is 516 g/mol. The van der Waals surface area contributed by atoms with Crippen molar-refractivity contribution < 1.29 is 19.5 Å². The summed E-state index contributed by atoms with van der Waals surface area (Å²) in [4.78, 5) is 44.7. The molecule has 2 bridgehead atoms. The standard InChI is InChI=1S/C27H40N4O4S/c1-5-30(6-2)19-12-10-18(11-13-19)29-24(34)22-27-15-14-26(3,36-27)20(23(33)28-4)21(27)25(35)31(22)16-8-7-9-17-32/h10-13,20-22,32H,5-9,14-17H2,1-4H3,(H,28,33)(H,29,34)/t20-,21+,22?,26+,27?/m1/s1. The Morgan fingerprint density at radius 2 is 1.81 bits per heavy atom. The molecule has 0 saturated carbocycles. The van der Waals surface area contributed by atoms with E-state index in [0.717, 1.165) is 38.0 Å². The van der Waals surface area contributed by atoms with Crippen LogP contribution in [0.25, 0.3) is 0 Å². The molecule has 4 rings (SSSR count). The molecule has 198 valence electrons. The van der Waals surface area contributed by atoms with E-state index in [0.29, 0.717) is 25.1 Å². The van der Waals surface area contributed by atoms with Gasteiger partial charge in [-0.3, -0.25) is 14.4 Å². The molecule has 3 heterocycles. The molecule has 1 spiro atoms. The number of aliphatic hydroxyl groups excluding tert-OH is 1. The van der Waals surface area contributed by atoms with Gasteiger partial charge in [0.2, 0.25) is 17.7 Å². The number of hydrogen-bond acceptors (Lipinski definition) is 6. The van der Waals surface area contributed by atoms with E-state index in [1.165, 1.54) is 0 Å². The summed E-state index contributed by atoms with van der Waals surface area (Å²) in [6.45, 7) is 8.68. The molecular formula is C27H40N4O4S. The summed E-state index contributed by atoms with van der Waals surface area (Å²) in [7, 11) is 1.62. The van der Waals surface area contributed by atoms with E-state index in [9.17, 15) is 19.5 Å². The summed E-state index contributed by atoms with van der Waals surface area (Å²) in [5.41, 5.74) is 1.81.